The largest absolute Gasteiger partial charge is 0.463 e. The summed E-state index contributed by atoms with van der Waals surface area (Å²) in [7, 11) is 0. The van der Waals surface area contributed by atoms with Gasteiger partial charge in [-0.3, -0.25) is 10.1 Å². The summed E-state index contributed by atoms with van der Waals surface area (Å²) in [4.78, 5) is 26.7. The number of benzene rings is 1. The van der Waals surface area contributed by atoms with E-state index in [2.05, 4.69) is 9.62 Å². The van der Waals surface area contributed by atoms with Gasteiger partial charge in [0.05, 0.1) is 18.8 Å². The second-order valence-electron chi connectivity index (χ2n) is 5.27. The fourth-order valence-electron chi connectivity index (χ4n) is 1.68. The first-order valence-electron chi connectivity index (χ1n) is 7.18. The number of hydrogen-bond donors (Lipinski definition) is 1. The van der Waals surface area contributed by atoms with Gasteiger partial charge in [-0.15, -0.1) is 0 Å². The molecule has 0 aliphatic rings. The summed E-state index contributed by atoms with van der Waals surface area (Å²) in [5.41, 5.74) is 0.269. The second kappa shape index (κ2) is 9.24. The topological polar surface area (TPSA) is 91.3 Å². The molecule has 7 heteroatoms. The van der Waals surface area contributed by atoms with Crippen molar-refractivity contribution >= 4 is 11.9 Å². The van der Waals surface area contributed by atoms with Crippen LogP contribution in [0.2, 0.25) is 0 Å². The molecule has 0 bridgehead atoms. The number of ether oxygens (including phenoxy) is 3. The standard InChI is InChI=1S/C16H22O7/c1-12(17)21-10-8-20-9-11-22-15(18)13-4-6-14(7-5-13)16(2,3)23-19/h4-7,19H,8-11H2,1-3H3. The highest BCUT2D eigenvalue weighted by Gasteiger charge is 2.21. The van der Waals surface area contributed by atoms with E-state index in [1.165, 1.54) is 6.92 Å². The average molecular weight is 326 g/mol. The lowest BCUT2D eigenvalue weighted by Gasteiger charge is -2.20. The molecule has 23 heavy (non-hydrogen) atoms. The third-order valence-corrected chi connectivity index (χ3v) is 3.04. The van der Waals surface area contributed by atoms with E-state index in [0.717, 1.165) is 5.56 Å². The molecule has 1 aromatic carbocycles. The third kappa shape index (κ3) is 6.77. The smallest absolute Gasteiger partial charge is 0.338 e. The van der Waals surface area contributed by atoms with Gasteiger partial charge in [0.1, 0.15) is 18.8 Å². The fraction of sp³-hybridized carbons (Fsp3) is 0.500. The summed E-state index contributed by atoms with van der Waals surface area (Å²) < 4.78 is 14.9. The van der Waals surface area contributed by atoms with E-state index in [1.54, 1.807) is 38.1 Å². The average Bonchev–Trinajstić information content (AvgIpc) is 2.53. The highest BCUT2D eigenvalue weighted by molar-refractivity contribution is 5.89. The van der Waals surface area contributed by atoms with Gasteiger partial charge in [-0.25, -0.2) is 9.68 Å². The SMILES string of the molecule is CC(=O)OCCOCCOC(=O)c1ccc(C(C)(C)OO)cc1. The van der Waals surface area contributed by atoms with E-state index in [0.29, 0.717) is 5.56 Å². The van der Waals surface area contributed by atoms with Crippen LogP contribution in [0.3, 0.4) is 0 Å². The Morgan fingerprint density at radius 1 is 1.00 bits per heavy atom. The molecule has 0 aliphatic heterocycles. The quantitative estimate of drug-likeness (QED) is 0.322. The summed E-state index contributed by atoms with van der Waals surface area (Å²) in [5, 5.41) is 8.83. The van der Waals surface area contributed by atoms with Crippen LogP contribution in [0.5, 0.6) is 0 Å². The van der Waals surface area contributed by atoms with Crippen LogP contribution in [0.4, 0.5) is 0 Å². The van der Waals surface area contributed by atoms with Crippen LogP contribution in [-0.2, 0) is 29.5 Å². The minimum absolute atomic E-state index is 0.103. The van der Waals surface area contributed by atoms with Gasteiger partial charge in [-0.2, -0.15) is 0 Å². The van der Waals surface area contributed by atoms with Crippen LogP contribution in [0.25, 0.3) is 0 Å². The lowest BCUT2D eigenvalue weighted by Crippen LogP contribution is -2.20. The molecule has 0 radical (unpaired) electrons. The maximum Gasteiger partial charge on any atom is 0.338 e. The predicted octanol–water partition coefficient (Wildman–Crippen LogP) is 2.15. The summed E-state index contributed by atoms with van der Waals surface area (Å²) in [5.74, 6) is -0.832. The molecule has 0 spiro atoms. The summed E-state index contributed by atoms with van der Waals surface area (Å²) in [6, 6.07) is 6.56. The molecule has 0 fully saturated rings. The van der Waals surface area contributed by atoms with Gasteiger partial charge in [0.15, 0.2) is 0 Å². The first-order chi connectivity index (χ1) is 10.9. The Morgan fingerprint density at radius 2 is 1.57 bits per heavy atom. The summed E-state index contributed by atoms with van der Waals surface area (Å²) in [6.45, 7) is 5.47. The Hall–Kier alpha value is -1.96. The number of rotatable bonds is 9. The van der Waals surface area contributed by atoms with Crippen LogP contribution in [0, 0.1) is 0 Å². The summed E-state index contributed by atoms with van der Waals surface area (Å²) >= 11 is 0. The number of esters is 2. The van der Waals surface area contributed by atoms with E-state index in [-0.39, 0.29) is 32.4 Å². The molecule has 0 saturated carbocycles. The molecule has 7 nitrogen and oxygen atoms in total. The van der Waals surface area contributed by atoms with Crippen molar-refractivity contribution in [1.29, 1.82) is 0 Å². The Kier molecular flexibility index (Phi) is 7.67. The maximum atomic E-state index is 11.8. The molecule has 0 unspecified atom stereocenters. The molecule has 1 rings (SSSR count). The highest BCUT2D eigenvalue weighted by Crippen LogP contribution is 2.23. The zero-order valence-corrected chi connectivity index (χ0v) is 13.5. The molecule has 0 saturated heterocycles. The Labute approximate surface area is 135 Å². The minimum atomic E-state index is -0.849. The maximum absolute atomic E-state index is 11.8. The number of hydrogen-bond acceptors (Lipinski definition) is 7. The van der Waals surface area contributed by atoms with Gasteiger partial charge in [-0.05, 0) is 31.5 Å². The van der Waals surface area contributed by atoms with Crippen molar-refractivity contribution in [1.82, 2.24) is 0 Å². The zero-order chi connectivity index (χ0) is 17.3. The van der Waals surface area contributed by atoms with Gasteiger partial charge in [0.2, 0.25) is 0 Å². The minimum Gasteiger partial charge on any atom is -0.463 e. The Balaban J connectivity index is 2.31. The van der Waals surface area contributed by atoms with Crippen molar-refractivity contribution in [3.63, 3.8) is 0 Å². The molecule has 1 aromatic rings. The first-order valence-corrected chi connectivity index (χ1v) is 7.18. The molecule has 0 atom stereocenters. The van der Waals surface area contributed by atoms with Gasteiger partial charge < -0.3 is 14.2 Å². The molecule has 1 N–H and O–H groups in total. The van der Waals surface area contributed by atoms with Gasteiger partial charge in [-0.1, -0.05) is 12.1 Å². The molecule has 128 valence electrons. The molecule has 0 aromatic heterocycles. The van der Waals surface area contributed by atoms with E-state index < -0.39 is 11.6 Å². The van der Waals surface area contributed by atoms with Crippen LogP contribution >= 0.6 is 0 Å². The van der Waals surface area contributed by atoms with E-state index in [9.17, 15) is 9.59 Å². The van der Waals surface area contributed by atoms with Crippen LogP contribution < -0.4 is 0 Å². The van der Waals surface area contributed by atoms with Crippen molar-refractivity contribution in [2.45, 2.75) is 26.4 Å². The van der Waals surface area contributed by atoms with E-state index >= 15 is 0 Å². The van der Waals surface area contributed by atoms with Crippen molar-refractivity contribution in [2.24, 2.45) is 0 Å². The molecule has 0 heterocycles. The summed E-state index contributed by atoms with van der Waals surface area (Å²) in [6.07, 6.45) is 0. The third-order valence-electron chi connectivity index (χ3n) is 3.04. The van der Waals surface area contributed by atoms with Crippen molar-refractivity contribution in [3.8, 4) is 0 Å². The van der Waals surface area contributed by atoms with Crippen LogP contribution in [0.15, 0.2) is 24.3 Å². The Bertz CT molecular complexity index is 508. The van der Waals surface area contributed by atoms with Crippen molar-refractivity contribution in [3.05, 3.63) is 35.4 Å². The Morgan fingerprint density at radius 3 is 2.09 bits per heavy atom. The number of carbonyl (C=O) groups is 2. The van der Waals surface area contributed by atoms with Crippen molar-refractivity contribution in [2.75, 3.05) is 26.4 Å². The lowest BCUT2D eigenvalue weighted by atomic mass is 9.97. The lowest BCUT2D eigenvalue weighted by molar-refractivity contribution is -0.318. The molecular weight excluding hydrogens is 304 g/mol. The van der Waals surface area contributed by atoms with Gasteiger partial charge >= 0.3 is 11.9 Å². The molecule has 0 aliphatic carbocycles. The van der Waals surface area contributed by atoms with E-state index in [4.69, 9.17) is 14.7 Å². The second-order valence-corrected chi connectivity index (χ2v) is 5.27. The van der Waals surface area contributed by atoms with E-state index in [1.807, 2.05) is 0 Å². The fourth-order valence-corrected chi connectivity index (χ4v) is 1.68. The van der Waals surface area contributed by atoms with Crippen molar-refractivity contribution < 1.29 is 33.9 Å². The molecular formula is C16H22O7. The highest BCUT2D eigenvalue weighted by atomic mass is 17.1. The van der Waals surface area contributed by atoms with Gasteiger partial charge in [0.25, 0.3) is 0 Å². The van der Waals surface area contributed by atoms with Crippen LogP contribution in [-0.4, -0.2) is 43.6 Å². The normalized spacial score (nSPS) is 11.1. The van der Waals surface area contributed by atoms with Crippen LogP contribution in [0.1, 0.15) is 36.7 Å². The number of carbonyl (C=O) groups excluding carboxylic acids is 2. The van der Waals surface area contributed by atoms with Gasteiger partial charge in [0, 0.05) is 6.92 Å². The monoisotopic (exact) mass is 326 g/mol. The molecule has 0 amide bonds. The first kappa shape index (κ1) is 19.1. The predicted molar refractivity (Wildman–Crippen MR) is 80.9 cm³/mol. The zero-order valence-electron chi connectivity index (χ0n) is 13.5.